The van der Waals surface area contributed by atoms with Gasteiger partial charge in [0.05, 0.1) is 6.61 Å². The van der Waals surface area contributed by atoms with Crippen molar-refractivity contribution >= 4 is 34.7 Å². The van der Waals surface area contributed by atoms with Crippen LogP contribution in [0.4, 0.5) is 0 Å². The maximum atomic E-state index is 6.23. The molecule has 0 amide bonds. The zero-order valence-electron chi connectivity index (χ0n) is 13.4. The monoisotopic (exact) mass is 393 g/mol. The van der Waals surface area contributed by atoms with Gasteiger partial charge < -0.3 is 14.0 Å². The number of hydrogen-bond donors (Lipinski definition) is 0. The summed E-state index contributed by atoms with van der Waals surface area (Å²) in [5.41, 5.74) is 2.05. The van der Waals surface area contributed by atoms with Gasteiger partial charge in [0, 0.05) is 33.3 Å². The van der Waals surface area contributed by atoms with E-state index in [9.17, 15) is 0 Å². The summed E-state index contributed by atoms with van der Waals surface area (Å²) in [6.07, 6.45) is 2.77. The first-order valence-electron chi connectivity index (χ1n) is 7.84. The van der Waals surface area contributed by atoms with Crippen molar-refractivity contribution in [1.29, 1.82) is 0 Å². The van der Waals surface area contributed by atoms with Crippen LogP contribution >= 0.6 is 34.7 Å². The van der Waals surface area contributed by atoms with Crippen LogP contribution in [-0.2, 0) is 30.1 Å². The Balaban J connectivity index is 1.45. The van der Waals surface area contributed by atoms with Gasteiger partial charge in [0.25, 0.3) is 0 Å². The Bertz CT molecular complexity index is 852. The van der Waals surface area contributed by atoms with E-state index in [2.05, 4.69) is 32.3 Å². The molecule has 0 aliphatic carbocycles. The summed E-state index contributed by atoms with van der Waals surface area (Å²) in [6.45, 7) is 1.68. The first-order valence-corrected chi connectivity index (χ1v) is 10.1. The highest BCUT2D eigenvalue weighted by molar-refractivity contribution is 7.98. The number of thiophene rings is 1. The quantitative estimate of drug-likeness (QED) is 0.581. The molecule has 1 aliphatic heterocycles. The Hall–Kier alpha value is -1.54. The van der Waals surface area contributed by atoms with Crippen molar-refractivity contribution in [2.24, 2.45) is 0 Å². The van der Waals surface area contributed by atoms with Gasteiger partial charge in [-0.05, 0) is 30.0 Å². The standard InChI is InChI=1S/C17H16ClN3O2S2/c18-14-6-12-8-22-11-23-16(12)13(7-14)9-25-17-20-19-10-21(17)4-3-15-2-1-5-24-15/h1-2,5-7,10H,3-4,8-9,11H2. The summed E-state index contributed by atoms with van der Waals surface area (Å²) in [6, 6.07) is 8.08. The molecule has 130 valence electrons. The third-order valence-electron chi connectivity index (χ3n) is 3.87. The molecule has 0 unspecified atom stereocenters. The Morgan fingerprint density at radius 2 is 2.32 bits per heavy atom. The van der Waals surface area contributed by atoms with Gasteiger partial charge in [-0.3, -0.25) is 0 Å². The molecule has 0 saturated carbocycles. The minimum atomic E-state index is 0.281. The van der Waals surface area contributed by atoms with E-state index in [1.165, 1.54) is 4.88 Å². The molecule has 0 saturated heterocycles. The van der Waals surface area contributed by atoms with Crippen LogP contribution in [-0.4, -0.2) is 21.6 Å². The third-order valence-corrected chi connectivity index (χ3v) is 6.05. The van der Waals surface area contributed by atoms with Gasteiger partial charge in [-0.2, -0.15) is 0 Å². The van der Waals surface area contributed by atoms with Crippen LogP contribution in [0.3, 0.4) is 0 Å². The highest BCUT2D eigenvalue weighted by Gasteiger charge is 2.17. The van der Waals surface area contributed by atoms with E-state index in [0.717, 1.165) is 40.8 Å². The van der Waals surface area contributed by atoms with Gasteiger partial charge in [0.2, 0.25) is 0 Å². The van der Waals surface area contributed by atoms with Gasteiger partial charge in [-0.15, -0.1) is 21.5 Å². The topological polar surface area (TPSA) is 49.2 Å². The van der Waals surface area contributed by atoms with Crippen LogP contribution in [0.2, 0.25) is 5.02 Å². The lowest BCUT2D eigenvalue weighted by Gasteiger charge is -2.21. The molecule has 0 atom stereocenters. The molecule has 0 spiro atoms. The van der Waals surface area contributed by atoms with Crippen molar-refractivity contribution in [2.45, 2.75) is 30.5 Å². The summed E-state index contributed by atoms with van der Waals surface area (Å²) in [7, 11) is 0. The number of nitrogens with zero attached hydrogens (tertiary/aromatic N) is 3. The lowest BCUT2D eigenvalue weighted by Crippen LogP contribution is -2.13. The molecule has 0 radical (unpaired) electrons. The smallest absolute Gasteiger partial charge is 0.191 e. The van der Waals surface area contributed by atoms with Crippen LogP contribution in [0, 0.1) is 0 Å². The highest BCUT2D eigenvalue weighted by atomic mass is 35.5. The lowest BCUT2D eigenvalue weighted by atomic mass is 10.1. The molecule has 5 nitrogen and oxygen atoms in total. The van der Waals surface area contributed by atoms with Crippen LogP contribution in [0.25, 0.3) is 0 Å². The fourth-order valence-corrected chi connectivity index (χ4v) is 4.57. The van der Waals surface area contributed by atoms with Gasteiger partial charge in [0.15, 0.2) is 11.9 Å². The van der Waals surface area contributed by atoms with E-state index in [1.54, 1.807) is 29.4 Å². The predicted octanol–water partition coefficient (Wildman–Crippen LogP) is 4.39. The fraction of sp³-hybridized carbons (Fsp3) is 0.294. The molecule has 1 aliphatic rings. The molecular formula is C17H16ClN3O2S2. The van der Waals surface area contributed by atoms with Crippen molar-refractivity contribution in [3.8, 4) is 5.75 Å². The van der Waals surface area contributed by atoms with Crippen molar-refractivity contribution in [2.75, 3.05) is 6.79 Å². The second kappa shape index (κ2) is 7.78. The van der Waals surface area contributed by atoms with E-state index < -0.39 is 0 Å². The average molecular weight is 394 g/mol. The van der Waals surface area contributed by atoms with Crippen molar-refractivity contribution < 1.29 is 9.47 Å². The van der Waals surface area contributed by atoms with Crippen molar-refractivity contribution in [3.63, 3.8) is 0 Å². The first kappa shape index (κ1) is 16.9. The van der Waals surface area contributed by atoms with Crippen LogP contribution in [0.15, 0.2) is 41.1 Å². The predicted molar refractivity (Wildman–Crippen MR) is 99.3 cm³/mol. The molecule has 4 rings (SSSR count). The summed E-state index contributed by atoms with van der Waals surface area (Å²) in [5, 5.41) is 12.0. The van der Waals surface area contributed by atoms with E-state index in [0.29, 0.717) is 11.6 Å². The number of hydrogen-bond acceptors (Lipinski definition) is 6. The number of thioether (sulfide) groups is 1. The lowest BCUT2D eigenvalue weighted by molar-refractivity contribution is -0.0168. The Morgan fingerprint density at radius 3 is 3.20 bits per heavy atom. The number of aryl methyl sites for hydroxylation is 2. The zero-order chi connectivity index (χ0) is 17.1. The SMILES string of the molecule is Clc1cc2c(c(CSc3nncn3CCc3cccs3)c1)OCOC2. The van der Waals surface area contributed by atoms with Crippen molar-refractivity contribution in [3.05, 3.63) is 57.0 Å². The largest absolute Gasteiger partial charge is 0.467 e. The molecule has 0 bridgehead atoms. The summed E-state index contributed by atoms with van der Waals surface area (Å²) in [4.78, 5) is 1.36. The summed E-state index contributed by atoms with van der Waals surface area (Å²) < 4.78 is 13.1. The van der Waals surface area contributed by atoms with Gasteiger partial charge in [0.1, 0.15) is 12.1 Å². The molecule has 8 heteroatoms. The number of halogens is 1. The number of rotatable bonds is 6. The van der Waals surface area contributed by atoms with E-state index in [-0.39, 0.29) is 6.79 Å². The molecule has 0 fully saturated rings. The molecule has 3 aromatic rings. The number of benzene rings is 1. The summed E-state index contributed by atoms with van der Waals surface area (Å²) in [5.74, 6) is 1.61. The minimum absolute atomic E-state index is 0.281. The van der Waals surface area contributed by atoms with Gasteiger partial charge >= 0.3 is 0 Å². The maximum Gasteiger partial charge on any atom is 0.191 e. The second-order valence-electron chi connectivity index (χ2n) is 5.59. The van der Waals surface area contributed by atoms with Crippen LogP contribution in [0.1, 0.15) is 16.0 Å². The van der Waals surface area contributed by atoms with Crippen LogP contribution in [0.5, 0.6) is 5.75 Å². The van der Waals surface area contributed by atoms with E-state index in [1.807, 2.05) is 12.1 Å². The van der Waals surface area contributed by atoms with Gasteiger partial charge in [-0.25, -0.2) is 0 Å². The molecule has 0 N–H and O–H groups in total. The molecule has 1 aromatic carbocycles. The molecule has 2 aromatic heterocycles. The summed E-state index contributed by atoms with van der Waals surface area (Å²) >= 11 is 9.64. The molecule has 3 heterocycles. The Kier molecular flexibility index (Phi) is 5.26. The van der Waals surface area contributed by atoms with Crippen molar-refractivity contribution in [1.82, 2.24) is 14.8 Å². The number of ether oxygens (including phenoxy) is 2. The maximum absolute atomic E-state index is 6.23. The minimum Gasteiger partial charge on any atom is -0.467 e. The highest BCUT2D eigenvalue weighted by Crippen LogP contribution is 2.35. The average Bonchev–Trinajstić information content (AvgIpc) is 3.29. The molecule has 25 heavy (non-hydrogen) atoms. The van der Waals surface area contributed by atoms with Gasteiger partial charge in [-0.1, -0.05) is 29.4 Å². The molecular weight excluding hydrogens is 378 g/mol. The Morgan fingerprint density at radius 1 is 1.36 bits per heavy atom. The number of aromatic nitrogens is 3. The Labute approximate surface area is 158 Å². The zero-order valence-corrected chi connectivity index (χ0v) is 15.7. The first-order chi connectivity index (χ1) is 12.3. The van der Waals surface area contributed by atoms with Crippen LogP contribution < -0.4 is 4.74 Å². The third kappa shape index (κ3) is 4.00. The number of fused-ring (bicyclic) bond motifs is 1. The van der Waals surface area contributed by atoms with E-state index >= 15 is 0 Å². The second-order valence-corrected chi connectivity index (χ2v) is 8.00. The fourth-order valence-electron chi connectivity index (χ4n) is 2.70. The normalized spacial score (nSPS) is 13.5. The van der Waals surface area contributed by atoms with E-state index in [4.69, 9.17) is 21.1 Å².